The van der Waals surface area contributed by atoms with Gasteiger partial charge in [-0.15, -0.1) is 11.6 Å². The molecule has 2 aliphatic rings. The highest BCUT2D eigenvalue weighted by atomic mass is 35.5. The first kappa shape index (κ1) is 11.0. The van der Waals surface area contributed by atoms with Gasteiger partial charge in [0.05, 0.1) is 17.0 Å². The number of hydrogen-bond acceptors (Lipinski definition) is 2. The van der Waals surface area contributed by atoms with Gasteiger partial charge in [-0.1, -0.05) is 12.2 Å². The molecule has 0 amide bonds. The monoisotopic (exact) mass is 250 g/mol. The van der Waals surface area contributed by atoms with Crippen LogP contribution in [0.4, 0.5) is 0 Å². The fourth-order valence-corrected chi connectivity index (χ4v) is 3.56. The van der Waals surface area contributed by atoms with Crippen molar-refractivity contribution >= 4 is 17.5 Å². The second kappa shape index (κ2) is 3.70. The Hall–Kier alpha value is -1.09. The molecule has 0 aliphatic heterocycles. The Morgan fingerprint density at radius 1 is 1.41 bits per heavy atom. The highest BCUT2D eigenvalue weighted by molar-refractivity contribution is 6.23. The molecule has 0 spiro atoms. The number of hydrogen-bond donors (Lipinski definition) is 0. The van der Waals surface area contributed by atoms with Gasteiger partial charge in [0.15, 0.2) is 0 Å². The lowest BCUT2D eigenvalue weighted by molar-refractivity contribution is 0.0796. The fourth-order valence-electron chi connectivity index (χ4n) is 3.07. The van der Waals surface area contributed by atoms with Gasteiger partial charge in [-0.2, -0.15) is 5.10 Å². The minimum absolute atomic E-state index is 0.0486. The number of carbonyl (C=O) groups is 1. The number of fused-ring (bicyclic) bond motifs is 2. The summed E-state index contributed by atoms with van der Waals surface area (Å²) in [6.07, 6.45) is 5.30. The molecular formula is C13H15ClN2O. The lowest BCUT2D eigenvalue weighted by Gasteiger charge is -2.21. The van der Waals surface area contributed by atoms with Crippen LogP contribution in [0.5, 0.6) is 0 Å². The maximum atomic E-state index is 12.5. The van der Waals surface area contributed by atoms with Gasteiger partial charge in [-0.3, -0.25) is 4.79 Å². The number of allylic oxidation sites excluding steroid dienone is 2. The van der Waals surface area contributed by atoms with E-state index in [0.717, 1.165) is 17.8 Å². The van der Waals surface area contributed by atoms with E-state index in [2.05, 4.69) is 17.3 Å². The number of nitrogens with zero attached hydrogens (tertiary/aromatic N) is 2. The summed E-state index contributed by atoms with van der Waals surface area (Å²) >= 11 is 6.37. The van der Waals surface area contributed by atoms with Crippen LogP contribution in [0.15, 0.2) is 18.2 Å². The van der Waals surface area contributed by atoms with Gasteiger partial charge in [-0.05, 0) is 38.2 Å². The van der Waals surface area contributed by atoms with E-state index in [1.807, 2.05) is 19.9 Å². The molecule has 1 fully saturated rings. The molecule has 3 nitrogen and oxygen atoms in total. The Labute approximate surface area is 105 Å². The van der Waals surface area contributed by atoms with Crippen molar-refractivity contribution in [1.82, 2.24) is 9.78 Å². The van der Waals surface area contributed by atoms with Crippen LogP contribution < -0.4 is 0 Å². The molecular weight excluding hydrogens is 236 g/mol. The van der Waals surface area contributed by atoms with Crippen molar-refractivity contribution in [1.29, 1.82) is 0 Å². The standard InChI is InChI=1S/C13H15ClN2O/c1-7-5-8(2)16(15-7)13(17)11-9-3-4-10(6-9)12(11)14/h3-5,9-12H,6H2,1-2H3/t9-,10+,11-,12-/m1/s1. The van der Waals surface area contributed by atoms with E-state index in [9.17, 15) is 4.79 Å². The molecule has 0 saturated heterocycles. The predicted octanol–water partition coefficient (Wildman–Crippen LogP) is 2.57. The van der Waals surface area contributed by atoms with Gasteiger partial charge < -0.3 is 0 Å². The molecule has 1 saturated carbocycles. The van der Waals surface area contributed by atoms with E-state index >= 15 is 0 Å². The summed E-state index contributed by atoms with van der Waals surface area (Å²) in [6, 6.07) is 1.92. The summed E-state index contributed by atoms with van der Waals surface area (Å²) in [7, 11) is 0. The third-order valence-corrected chi connectivity index (χ3v) is 4.46. The number of rotatable bonds is 1. The van der Waals surface area contributed by atoms with Gasteiger partial charge >= 0.3 is 0 Å². The second-order valence-corrected chi connectivity index (χ2v) is 5.60. The predicted molar refractivity (Wildman–Crippen MR) is 66.2 cm³/mol. The SMILES string of the molecule is Cc1cc(C)n(C(=O)[C@H]2[C@H](Cl)[C@H]3C=C[C@@H]2C3)n1. The summed E-state index contributed by atoms with van der Waals surface area (Å²) in [4.78, 5) is 12.5. The average molecular weight is 251 g/mol. The van der Waals surface area contributed by atoms with Crippen molar-refractivity contribution in [2.45, 2.75) is 25.6 Å². The Bertz CT molecular complexity index is 506. The van der Waals surface area contributed by atoms with Crippen LogP contribution in [0.3, 0.4) is 0 Å². The summed E-state index contributed by atoms with van der Waals surface area (Å²) in [5.41, 5.74) is 1.77. The molecule has 17 heavy (non-hydrogen) atoms. The third-order valence-electron chi connectivity index (χ3n) is 3.87. The zero-order valence-corrected chi connectivity index (χ0v) is 10.7. The van der Waals surface area contributed by atoms with E-state index in [0.29, 0.717) is 11.8 Å². The molecule has 2 aliphatic carbocycles. The molecule has 0 radical (unpaired) electrons. The molecule has 1 aromatic rings. The van der Waals surface area contributed by atoms with Crippen molar-refractivity contribution in [2.75, 3.05) is 0 Å². The minimum Gasteiger partial charge on any atom is -0.272 e. The summed E-state index contributed by atoms with van der Waals surface area (Å²) in [5, 5.41) is 4.19. The minimum atomic E-state index is -0.107. The first-order chi connectivity index (χ1) is 8.08. The van der Waals surface area contributed by atoms with Crippen molar-refractivity contribution < 1.29 is 4.79 Å². The molecule has 90 valence electrons. The highest BCUT2D eigenvalue weighted by Gasteiger charge is 2.48. The van der Waals surface area contributed by atoms with Gasteiger partial charge in [0.25, 0.3) is 5.91 Å². The molecule has 1 heterocycles. The number of aryl methyl sites for hydroxylation is 2. The van der Waals surface area contributed by atoms with Gasteiger partial charge in [0.1, 0.15) is 0 Å². The van der Waals surface area contributed by atoms with Crippen LogP contribution in [-0.2, 0) is 0 Å². The van der Waals surface area contributed by atoms with Crippen LogP contribution in [0.2, 0.25) is 0 Å². The van der Waals surface area contributed by atoms with Crippen LogP contribution in [0.25, 0.3) is 0 Å². The van der Waals surface area contributed by atoms with E-state index in [1.54, 1.807) is 0 Å². The lowest BCUT2D eigenvalue weighted by atomic mass is 9.92. The number of alkyl halides is 1. The number of halogens is 1. The van der Waals surface area contributed by atoms with Crippen LogP contribution in [0.1, 0.15) is 22.6 Å². The molecule has 4 atom stereocenters. The molecule has 1 aromatic heterocycles. The Kier molecular flexibility index (Phi) is 2.40. The third kappa shape index (κ3) is 1.56. The van der Waals surface area contributed by atoms with E-state index in [-0.39, 0.29) is 17.2 Å². The topological polar surface area (TPSA) is 34.9 Å². The lowest BCUT2D eigenvalue weighted by Crippen LogP contribution is -2.33. The largest absolute Gasteiger partial charge is 0.272 e. The van der Waals surface area contributed by atoms with Crippen molar-refractivity contribution in [3.8, 4) is 0 Å². The van der Waals surface area contributed by atoms with Crippen LogP contribution in [0, 0.1) is 31.6 Å². The number of aromatic nitrogens is 2. The molecule has 4 heteroatoms. The van der Waals surface area contributed by atoms with Crippen LogP contribution >= 0.6 is 11.6 Å². The Morgan fingerprint density at radius 2 is 2.12 bits per heavy atom. The molecule has 0 unspecified atom stereocenters. The summed E-state index contributed by atoms with van der Waals surface area (Å²) in [6.45, 7) is 3.81. The first-order valence-electron chi connectivity index (χ1n) is 5.98. The highest BCUT2D eigenvalue weighted by Crippen LogP contribution is 2.47. The maximum absolute atomic E-state index is 12.5. The van der Waals surface area contributed by atoms with E-state index in [4.69, 9.17) is 11.6 Å². The molecule has 2 bridgehead atoms. The zero-order valence-electron chi connectivity index (χ0n) is 9.93. The Balaban J connectivity index is 1.93. The van der Waals surface area contributed by atoms with Gasteiger partial charge in [0.2, 0.25) is 0 Å². The molecule has 0 N–H and O–H groups in total. The maximum Gasteiger partial charge on any atom is 0.252 e. The van der Waals surface area contributed by atoms with Crippen molar-refractivity contribution in [3.05, 3.63) is 29.6 Å². The quantitative estimate of drug-likeness (QED) is 0.567. The molecule has 0 aromatic carbocycles. The van der Waals surface area contributed by atoms with Crippen molar-refractivity contribution in [2.24, 2.45) is 17.8 Å². The van der Waals surface area contributed by atoms with Crippen molar-refractivity contribution in [3.63, 3.8) is 0 Å². The fraction of sp³-hybridized carbons (Fsp3) is 0.538. The van der Waals surface area contributed by atoms with E-state index in [1.165, 1.54) is 4.68 Å². The smallest absolute Gasteiger partial charge is 0.252 e. The zero-order chi connectivity index (χ0) is 12.2. The molecule has 3 rings (SSSR count). The van der Waals surface area contributed by atoms with E-state index < -0.39 is 0 Å². The second-order valence-electron chi connectivity index (χ2n) is 5.10. The normalized spacial score (nSPS) is 34.5. The van der Waals surface area contributed by atoms with Gasteiger partial charge in [-0.25, -0.2) is 4.68 Å². The van der Waals surface area contributed by atoms with Crippen LogP contribution in [-0.4, -0.2) is 21.1 Å². The Morgan fingerprint density at radius 3 is 2.65 bits per heavy atom. The van der Waals surface area contributed by atoms with Gasteiger partial charge in [0, 0.05) is 5.69 Å². The number of carbonyl (C=O) groups excluding carboxylic acids is 1. The first-order valence-corrected chi connectivity index (χ1v) is 6.41. The summed E-state index contributed by atoms with van der Waals surface area (Å²) in [5.74, 6) is 0.614. The summed E-state index contributed by atoms with van der Waals surface area (Å²) < 4.78 is 1.52. The average Bonchev–Trinajstić information content (AvgIpc) is 2.92.